The summed E-state index contributed by atoms with van der Waals surface area (Å²) < 4.78 is 2.43. The van der Waals surface area contributed by atoms with Gasteiger partial charge in [0.05, 0.1) is 16.7 Å². The van der Waals surface area contributed by atoms with Crippen molar-refractivity contribution in [3.05, 3.63) is 242 Å². The molecular formula is C58H42N4Si. The molecular weight excluding hydrogens is 781 g/mol. The summed E-state index contributed by atoms with van der Waals surface area (Å²) in [4.78, 5) is 15.4. The Kier molecular flexibility index (Phi) is 9.72. The molecule has 9 aromatic carbocycles. The van der Waals surface area contributed by atoms with Crippen molar-refractivity contribution in [2.75, 3.05) is 0 Å². The van der Waals surface area contributed by atoms with E-state index in [2.05, 4.69) is 212 Å². The Morgan fingerprint density at radius 1 is 0.333 bits per heavy atom. The zero-order chi connectivity index (χ0) is 42.2. The Morgan fingerprint density at radius 2 is 0.794 bits per heavy atom. The van der Waals surface area contributed by atoms with E-state index in [1.807, 2.05) is 36.4 Å². The first-order valence-electron chi connectivity index (χ1n) is 21.4. The number of hydrogen-bond donors (Lipinski definition) is 0. The number of rotatable bonds is 9. The van der Waals surface area contributed by atoms with E-state index in [1.165, 1.54) is 37.1 Å². The van der Waals surface area contributed by atoms with Crippen LogP contribution in [-0.4, -0.2) is 27.6 Å². The summed E-state index contributed by atoms with van der Waals surface area (Å²) in [6, 6.07) is 85.3. The van der Waals surface area contributed by atoms with Crippen LogP contribution >= 0.6 is 0 Å². The van der Waals surface area contributed by atoms with Gasteiger partial charge in [-0.15, -0.1) is 0 Å². The van der Waals surface area contributed by atoms with Crippen LogP contribution < -0.4 is 20.7 Å². The van der Waals surface area contributed by atoms with Crippen molar-refractivity contribution < 1.29 is 0 Å². The number of fused-ring (bicyclic) bond motifs is 3. The highest BCUT2D eigenvalue weighted by atomic mass is 28.3. The van der Waals surface area contributed by atoms with Gasteiger partial charge >= 0.3 is 0 Å². The zero-order valence-electron chi connectivity index (χ0n) is 34.8. The van der Waals surface area contributed by atoms with E-state index in [-0.39, 0.29) is 0 Å². The average molecular weight is 823 g/mol. The number of para-hydroxylation sites is 1. The van der Waals surface area contributed by atoms with Crippen LogP contribution in [0.4, 0.5) is 0 Å². The van der Waals surface area contributed by atoms with Crippen molar-refractivity contribution in [2.24, 2.45) is 0 Å². The van der Waals surface area contributed by atoms with Crippen molar-refractivity contribution in [3.8, 4) is 51.0 Å². The first-order valence-corrected chi connectivity index (χ1v) is 23.4. The lowest BCUT2D eigenvalue weighted by Crippen LogP contribution is -2.74. The monoisotopic (exact) mass is 822 g/mol. The molecule has 0 fully saturated rings. The van der Waals surface area contributed by atoms with Crippen molar-refractivity contribution in [2.45, 2.75) is 6.92 Å². The molecule has 5 heteroatoms. The van der Waals surface area contributed by atoms with Gasteiger partial charge in [0.2, 0.25) is 0 Å². The molecule has 298 valence electrons. The number of benzene rings is 9. The molecule has 0 aliphatic heterocycles. The molecule has 63 heavy (non-hydrogen) atoms. The highest BCUT2D eigenvalue weighted by Crippen LogP contribution is 2.38. The molecule has 2 heterocycles. The van der Waals surface area contributed by atoms with Crippen molar-refractivity contribution in [3.63, 3.8) is 0 Å². The van der Waals surface area contributed by atoms with Crippen LogP contribution in [-0.2, 0) is 0 Å². The van der Waals surface area contributed by atoms with Gasteiger partial charge < -0.3 is 4.57 Å². The minimum atomic E-state index is -2.82. The van der Waals surface area contributed by atoms with E-state index in [0.29, 0.717) is 17.5 Å². The lowest BCUT2D eigenvalue weighted by atomic mass is 10.0. The Labute approximate surface area is 368 Å². The van der Waals surface area contributed by atoms with Crippen LogP contribution in [0.3, 0.4) is 0 Å². The number of aryl methyl sites for hydroxylation is 1. The second-order valence-corrected chi connectivity index (χ2v) is 19.9. The molecule has 11 rings (SSSR count). The summed E-state index contributed by atoms with van der Waals surface area (Å²) in [6.45, 7) is 2.17. The van der Waals surface area contributed by atoms with Crippen LogP contribution in [0.2, 0.25) is 0 Å². The fraction of sp³-hybridized carbons (Fsp3) is 0.0172. The van der Waals surface area contributed by atoms with Crippen LogP contribution in [0, 0.1) is 6.92 Å². The fourth-order valence-electron chi connectivity index (χ4n) is 9.37. The first-order chi connectivity index (χ1) is 31.1. The largest absolute Gasteiger partial charge is 0.309 e. The standard InChI is InChI=1S/C58H42N4Si/c1-41-34-37-54-52(38-41)51-32-17-18-33-53(51)62(54)55-40-45(58-60-56(42-20-7-2-8-21-42)59-57(61-58)43-22-9-3-10-23-43)35-36-50(55)44-24-19-31-49(39-44)63(46-25-11-4-12-26-46,47-27-13-5-14-28-47)48-29-15-6-16-30-48/h2-40H,1H3. The average Bonchev–Trinajstić information content (AvgIpc) is 3.69. The number of hydrogen-bond acceptors (Lipinski definition) is 3. The topological polar surface area (TPSA) is 43.6 Å². The molecule has 4 nitrogen and oxygen atoms in total. The maximum atomic E-state index is 5.18. The third-order valence-electron chi connectivity index (χ3n) is 12.3. The summed E-state index contributed by atoms with van der Waals surface area (Å²) in [5.41, 5.74) is 9.58. The second kappa shape index (κ2) is 16.1. The molecule has 0 amide bonds. The second-order valence-electron chi connectivity index (χ2n) is 16.1. The molecule has 0 spiro atoms. The van der Waals surface area contributed by atoms with Gasteiger partial charge in [-0.2, -0.15) is 0 Å². The molecule has 0 radical (unpaired) electrons. The quantitative estimate of drug-likeness (QED) is 0.108. The van der Waals surface area contributed by atoms with E-state index in [4.69, 9.17) is 15.0 Å². The molecule has 0 atom stereocenters. The van der Waals surface area contributed by atoms with Gasteiger partial charge in [-0.1, -0.05) is 218 Å². The predicted molar refractivity (Wildman–Crippen MR) is 264 cm³/mol. The fourth-order valence-corrected chi connectivity index (χ4v) is 14.2. The Balaban J connectivity index is 1.19. The molecule has 0 bridgehead atoms. The highest BCUT2D eigenvalue weighted by Gasteiger charge is 2.41. The van der Waals surface area contributed by atoms with Crippen LogP contribution in [0.1, 0.15) is 5.56 Å². The van der Waals surface area contributed by atoms with Gasteiger partial charge in [0.25, 0.3) is 0 Å². The third kappa shape index (κ3) is 6.76. The van der Waals surface area contributed by atoms with Gasteiger partial charge in [-0.3, -0.25) is 0 Å². The third-order valence-corrected chi connectivity index (χ3v) is 17.0. The predicted octanol–water partition coefficient (Wildman–Crippen LogP) is 11.3. The van der Waals surface area contributed by atoms with E-state index in [0.717, 1.165) is 44.5 Å². The summed E-state index contributed by atoms with van der Waals surface area (Å²) >= 11 is 0. The molecule has 0 aliphatic rings. The Bertz CT molecular complexity index is 3230. The lowest BCUT2D eigenvalue weighted by molar-refractivity contribution is 1.07. The van der Waals surface area contributed by atoms with Gasteiger partial charge in [0, 0.05) is 33.0 Å². The van der Waals surface area contributed by atoms with Crippen LogP contribution in [0.25, 0.3) is 72.8 Å². The minimum absolute atomic E-state index is 0.615. The summed E-state index contributed by atoms with van der Waals surface area (Å²) in [6.07, 6.45) is 0. The maximum absolute atomic E-state index is 5.18. The lowest BCUT2D eigenvalue weighted by Gasteiger charge is -2.34. The normalized spacial score (nSPS) is 11.6. The summed E-state index contributed by atoms with van der Waals surface area (Å²) in [5.74, 6) is 1.88. The van der Waals surface area contributed by atoms with Crippen LogP contribution in [0.15, 0.2) is 237 Å². The smallest absolute Gasteiger partial charge is 0.179 e. The van der Waals surface area contributed by atoms with Crippen molar-refractivity contribution in [1.82, 2.24) is 19.5 Å². The number of nitrogens with zero attached hydrogens (tertiary/aromatic N) is 4. The van der Waals surface area contributed by atoms with Gasteiger partial charge in [0.1, 0.15) is 0 Å². The summed E-state index contributed by atoms with van der Waals surface area (Å²) in [7, 11) is -2.82. The van der Waals surface area contributed by atoms with E-state index < -0.39 is 8.07 Å². The molecule has 0 saturated carbocycles. The number of aromatic nitrogens is 4. The first kappa shape index (κ1) is 38.0. The Morgan fingerprint density at radius 3 is 1.37 bits per heavy atom. The molecule has 0 N–H and O–H groups in total. The summed E-state index contributed by atoms with van der Waals surface area (Å²) in [5, 5.41) is 7.76. The van der Waals surface area contributed by atoms with Gasteiger partial charge in [0.15, 0.2) is 25.5 Å². The highest BCUT2D eigenvalue weighted by molar-refractivity contribution is 7.19. The van der Waals surface area contributed by atoms with Gasteiger partial charge in [-0.25, -0.2) is 15.0 Å². The van der Waals surface area contributed by atoms with E-state index in [9.17, 15) is 0 Å². The van der Waals surface area contributed by atoms with Gasteiger partial charge in [-0.05, 0) is 57.5 Å². The molecule has 0 unspecified atom stereocenters. The van der Waals surface area contributed by atoms with Crippen LogP contribution in [0.5, 0.6) is 0 Å². The van der Waals surface area contributed by atoms with E-state index >= 15 is 0 Å². The Hall–Kier alpha value is -7.99. The molecule has 0 saturated heterocycles. The molecule has 11 aromatic rings. The molecule has 0 aliphatic carbocycles. The maximum Gasteiger partial charge on any atom is 0.179 e. The zero-order valence-corrected chi connectivity index (χ0v) is 35.8. The van der Waals surface area contributed by atoms with E-state index in [1.54, 1.807) is 0 Å². The molecule has 2 aromatic heterocycles. The van der Waals surface area contributed by atoms with Crippen molar-refractivity contribution in [1.29, 1.82) is 0 Å². The SMILES string of the molecule is Cc1ccc2c(c1)c1ccccc1n2-c1cc(-c2nc(-c3ccccc3)nc(-c3ccccc3)n2)ccc1-c1cccc([Si](c2ccccc2)(c2ccccc2)c2ccccc2)c1. The minimum Gasteiger partial charge on any atom is -0.309 e. The van der Waals surface area contributed by atoms with Crippen molar-refractivity contribution >= 4 is 50.6 Å².